The van der Waals surface area contributed by atoms with Gasteiger partial charge in [-0.2, -0.15) is 0 Å². The number of ether oxygens (including phenoxy) is 1. The smallest absolute Gasteiger partial charge is 0.122 e. The molecule has 19 heavy (non-hydrogen) atoms. The molecule has 0 radical (unpaired) electrons. The second-order valence-electron chi connectivity index (χ2n) is 4.41. The fourth-order valence-corrected chi connectivity index (χ4v) is 2.24. The van der Waals surface area contributed by atoms with Crippen LogP contribution in [0.4, 0.5) is 0 Å². The molecule has 2 aromatic rings. The number of nitrogens with one attached hydrogen (secondary N) is 1. The first kappa shape index (κ1) is 13.6. The Morgan fingerprint density at radius 1 is 1.16 bits per heavy atom. The number of aromatic nitrogens is 1. The van der Waals surface area contributed by atoms with E-state index in [-0.39, 0.29) is 6.04 Å². The summed E-state index contributed by atoms with van der Waals surface area (Å²) >= 11 is 0. The lowest BCUT2D eigenvalue weighted by atomic mass is 9.99. The van der Waals surface area contributed by atoms with Crippen molar-refractivity contribution in [2.75, 3.05) is 13.7 Å². The fourth-order valence-electron chi connectivity index (χ4n) is 2.24. The lowest BCUT2D eigenvalue weighted by molar-refractivity contribution is 0.405. The lowest BCUT2D eigenvalue weighted by Crippen LogP contribution is -2.23. The highest BCUT2D eigenvalue weighted by Gasteiger charge is 2.13. The van der Waals surface area contributed by atoms with Crippen LogP contribution < -0.4 is 10.1 Å². The highest BCUT2D eigenvalue weighted by molar-refractivity contribution is 5.35. The van der Waals surface area contributed by atoms with Gasteiger partial charge in [0.2, 0.25) is 0 Å². The molecule has 0 aliphatic heterocycles. The van der Waals surface area contributed by atoms with Crippen molar-refractivity contribution in [1.82, 2.24) is 10.3 Å². The molecule has 3 nitrogen and oxygen atoms in total. The highest BCUT2D eigenvalue weighted by atomic mass is 16.5. The predicted molar refractivity (Wildman–Crippen MR) is 77.4 cm³/mol. The van der Waals surface area contributed by atoms with Crippen molar-refractivity contribution >= 4 is 0 Å². The van der Waals surface area contributed by atoms with Gasteiger partial charge in [0, 0.05) is 18.4 Å². The molecule has 0 aliphatic carbocycles. The van der Waals surface area contributed by atoms with Crippen LogP contribution in [-0.2, 0) is 6.42 Å². The summed E-state index contributed by atoms with van der Waals surface area (Å²) in [6.07, 6.45) is 4.58. The summed E-state index contributed by atoms with van der Waals surface area (Å²) in [7, 11) is 1.72. The number of hydrogen-bond acceptors (Lipinski definition) is 3. The van der Waals surface area contributed by atoms with Crippen molar-refractivity contribution in [3.63, 3.8) is 0 Å². The van der Waals surface area contributed by atoms with Gasteiger partial charge in [-0.25, -0.2) is 0 Å². The van der Waals surface area contributed by atoms with E-state index in [1.54, 1.807) is 7.11 Å². The summed E-state index contributed by atoms with van der Waals surface area (Å²) in [5.74, 6) is 0.944. The first-order valence-corrected chi connectivity index (χ1v) is 6.60. The van der Waals surface area contributed by atoms with Crippen molar-refractivity contribution in [1.29, 1.82) is 0 Å². The number of hydrogen-bond donors (Lipinski definition) is 1. The molecule has 0 amide bonds. The van der Waals surface area contributed by atoms with Crippen LogP contribution in [0.2, 0.25) is 0 Å². The zero-order chi connectivity index (χ0) is 13.5. The Morgan fingerprint density at radius 3 is 2.58 bits per heavy atom. The van der Waals surface area contributed by atoms with E-state index in [2.05, 4.69) is 35.4 Å². The molecule has 3 heteroatoms. The van der Waals surface area contributed by atoms with Crippen LogP contribution in [-0.4, -0.2) is 18.6 Å². The maximum absolute atomic E-state index is 5.42. The average Bonchev–Trinajstić information content (AvgIpc) is 2.48. The first-order valence-electron chi connectivity index (χ1n) is 6.60. The minimum atomic E-state index is 0.282. The van der Waals surface area contributed by atoms with Gasteiger partial charge in [-0.3, -0.25) is 4.98 Å². The Bertz CT molecular complexity index is 499. The zero-order valence-corrected chi connectivity index (χ0v) is 11.5. The summed E-state index contributed by atoms with van der Waals surface area (Å²) < 4.78 is 5.42. The minimum Gasteiger partial charge on any atom is -0.496 e. The summed E-state index contributed by atoms with van der Waals surface area (Å²) in [5, 5.41) is 3.52. The number of nitrogens with zero attached hydrogens (tertiary/aromatic N) is 1. The molecule has 1 unspecified atom stereocenters. The van der Waals surface area contributed by atoms with Gasteiger partial charge in [-0.05, 0) is 42.3 Å². The van der Waals surface area contributed by atoms with Gasteiger partial charge in [0.1, 0.15) is 5.75 Å². The number of methoxy groups -OCH3 is 1. The molecule has 0 bridgehead atoms. The zero-order valence-electron chi connectivity index (χ0n) is 11.5. The predicted octanol–water partition coefficient (Wildman–Crippen LogP) is 2.98. The quantitative estimate of drug-likeness (QED) is 0.862. The average molecular weight is 256 g/mol. The number of rotatable bonds is 6. The van der Waals surface area contributed by atoms with Gasteiger partial charge in [-0.1, -0.05) is 25.1 Å². The first-order chi connectivity index (χ1) is 9.35. The Morgan fingerprint density at radius 2 is 1.89 bits per heavy atom. The molecule has 1 aromatic carbocycles. The Labute approximate surface area is 114 Å². The van der Waals surface area contributed by atoms with Crippen LogP contribution >= 0.6 is 0 Å². The molecule has 2 rings (SSSR count). The van der Waals surface area contributed by atoms with Crippen molar-refractivity contribution in [2.24, 2.45) is 0 Å². The normalized spacial score (nSPS) is 12.1. The summed E-state index contributed by atoms with van der Waals surface area (Å²) in [4.78, 5) is 4.08. The van der Waals surface area contributed by atoms with Crippen LogP contribution in [0.3, 0.4) is 0 Å². The largest absolute Gasteiger partial charge is 0.496 e. The second kappa shape index (κ2) is 6.90. The third-order valence-electron chi connectivity index (χ3n) is 3.18. The van der Waals surface area contributed by atoms with Gasteiger partial charge in [0.25, 0.3) is 0 Å². The molecule has 1 N–H and O–H groups in total. The van der Waals surface area contributed by atoms with E-state index in [1.807, 2.05) is 30.6 Å². The monoisotopic (exact) mass is 256 g/mol. The molecule has 1 heterocycles. The number of para-hydroxylation sites is 1. The van der Waals surface area contributed by atoms with Crippen molar-refractivity contribution in [3.8, 4) is 5.75 Å². The molecule has 1 aromatic heterocycles. The second-order valence-corrected chi connectivity index (χ2v) is 4.41. The van der Waals surface area contributed by atoms with Gasteiger partial charge < -0.3 is 10.1 Å². The topological polar surface area (TPSA) is 34.1 Å². The Hall–Kier alpha value is -1.87. The third-order valence-corrected chi connectivity index (χ3v) is 3.18. The van der Waals surface area contributed by atoms with E-state index >= 15 is 0 Å². The van der Waals surface area contributed by atoms with Gasteiger partial charge in [0.05, 0.1) is 7.11 Å². The van der Waals surface area contributed by atoms with E-state index in [0.29, 0.717) is 0 Å². The van der Waals surface area contributed by atoms with Crippen LogP contribution in [0.15, 0.2) is 48.8 Å². The number of likely N-dealkylation sites (N-methyl/N-ethyl adjacent to an activating group) is 1. The van der Waals surface area contributed by atoms with Crippen molar-refractivity contribution in [3.05, 3.63) is 59.9 Å². The molecular weight excluding hydrogens is 236 g/mol. The van der Waals surface area contributed by atoms with Gasteiger partial charge in [-0.15, -0.1) is 0 Å². The van der Waals surface area contributed by atoms with E-state index in [1.165, 1.54) is 11.1 Å². The summed E-state index contributed by atoms with van der Waals surface area (Å²) in [6, 6.07) is 12.6. The maximum Gasteiger partial charge on any atom is 0.122 e. The Balaban J connectivity index is 2.21. The van der Waals surface area contributed by atoms with Crippen molar-refractivity contribution < 1.29 is 4.74 Å². The molecule has 0 spiro atoms. The van der Waals surface area contributed by atoms with Crippen LogP contribution in [0.25, 0.3) is 0 Å². The van der Waals surface area contributed by atoms with E-state index in [0.717, 1.165) is 18.7 Å². The molecule has 1 atom stereocenters. The molecule has 0 saturated heterocycles. The van der Waals surface area contributed by atoms with E-state index in [9.17, 15) is 0 Å². The van der Waals surface area contributed by atoms with Crippen molar-refractivity contribution in [2.45, 2.75) is 19.4 Å². The standard InChI is InChI=1S/C16H20N2O/c1-3-18-15(13-8-10-17-11-9-13)12-14-6-4-5-7-16(14)19-2/h4-11,15,18H,3,12H2,1-2H3. The molecule has 0 aliphatic rings. The van der Waals surface area contributed by atoms with Gasteiger partial charge >= 0.3 is 0 Å². The van der Waals surface area contributed by atoms with Gasteiger partial charge in [0.15, 0.2) is 0 Å². The van der Waals surface area contributed by atoms with Crippen LogP contribution in [0.5, 0.6) is 5.75 Å². The minimum absolute atomic E-state index is 0.282. The lowest BCUT2D eigenvalue weighted by Gasteiger charge is -2.19. The molecular formula is C16H20N2O. The molecule has 0 fully saturated rings. The highest BCUT2D eigenvalue weighted by Crippen LogP contribution is 2.24. The molecule has 0 saturated carbocycles. The summed E-state index contributed by atoms with van der Waals surface area (Å²) in [6.45, 7) is 3.05. The number of pyridine rings is 1. The molecule has 100 valence electrons. The van der Waals surface area contributed by atoms with E-state index in [4.69, 9.17) is 4.74 Å². The third kappa shape index (κ3) is 3.55. The van der Waals surface area contributed by atoms with E-state index < -0.39 is 0 Å². The van der Waals surface area contributed by atoms with Crippen LogP contribution in [0.1, 0.15) is 24.1 Å². The Kier molecular flexibility index (Phi) is 4.93. The maximum atomic E-state index is 5.42. The summed E-state index contributed by atoms with van der Waals surface area (Å²) in [5.41, 5.74) is 2.47. The number of benzene rings is 1. The fraction of sp³-hybridized carbons (Fsp3) is 0.312. The van der Waals surface area contributed by atoms with Crippen LogP contribution in [0, 0.1) is 0 Å². The SMILES string of the molecule is CCNC(Cc1ccccc1OC)c1ccncc1.